The molecule has 6 nitrogen and oxygen atoms in total. The Kier molecular flexibility index (Phi) is 3.89. The van der Waals surface area contributed by atoms with Gasteiger partial charge in [0.25, 0.3) is 6.01 Å². The molecule has 102 valence electrons. The maximum Gasteiger partial charge on any atom is 0.298 e. The molecule has 0 bridgehead atoms. The van der Waals surface area contributed by atoms with Gasteiger partial charge in [-0.1, -0.05) is 6.92 Å². The number of nitrogens with one attached hydrogen (secondary N) is 1. The quantitative estimate of drug-likeness (QED) is 0.795. The standard InChI is InChI=1S/C13H18N4O2/c1-3-6-17(8-12(18)15-2)13-16-10-7-9(14)4-5-11(10)19-13/h4-5,7H,3,6,8,14H2,1-2H3,(H,15,18). The number of aromatic nitrogens is 1. The Hall–Kier alpha value is -2.24. The predicted molar refractivity (Wildman–Crippen MR) is 75.0 cm³/mol. The number of carbonyl (C=O) groups is 1. The first-order valence-electron chi connectivity index (χ1n) is 6.25. The van der Waals surface area contributed by atoms with Crippen molar-refractivity contribution in [2.75, 3.05) is 30.8 Å². The fourth-order valence-electron chi connectivity index (χ4n) is 1.83. The number of hydrogen-bond donors (Lipinski definition) is 2. The molecule has 0 spiro atoms. The molecule has 0 saturated carbocycles. The van der Waals surface area contributed by atoms with Crippen LogP contribution in [0.25, 0.3) is 11.1 Å². The number of nitrogens with two attached hydrogens (primary N) is 1. The monoisotopic (exact) mass is 262 g/mol. The van der Waals surface area contributed by atoms with E-state index in [-0.39, 0.29) is 12.5 Å². The number of nitrogens with zero attached hydrogens (tertiary/aromatic N) is 2. The average molecular weight is 262 g/mol. The Morgan fingerprint density at radius 2 is 2.32 bits per heavy atom. The van der Waals surface area contributed by atoms with Gasteiger partial charge in [-0.3, -0.25) is 4.79 Å². The molecule has 19 heavy (non-hydrogen) atoms. The zero-order chi connectivity index (χ0) is 13.8. The zero-order valence-electron chi connectivity index (χ0n) is 11.1. The zero-order valence-corrected chi connectivity index (χ0v) is 11.1. The molecule has 0 atom stereocenters. The van der Waals surface area contributed by atoms with Gasteiger partial charge in [-0.15, -0.1) is 0 Å². The molecule has 3 N–H and O–H groups in total. The Morgan fingerprint density at radius 1 is 1.53 bits per heavy atom. The van der Waals surface area contributed by atoms with Crippen LogP contribution in [-0.2, 0) is 4.79 Å². The smallest absolute Gasteiger partial charge is 0.298 e. The molecule has 2 rings (SSSR count). The highest BCUT2D eigenvalue weighted by Gasteiger charge is 2.16. The second-order valence-electron chi connectivity index (χ2n) is 4.32. The molecule has 1 aromatic carbocycles. The highest BCUT2D eigenvalue weighted by atomic mass is 16.4. The van der Waals surface area contributed by atoms with Crippen molar-refractivity contribution in [1.29, 1.82) is 0 Å². The van der Waals surface area contributed by atoms with Crippen LogP contribution in [0.15, 0.2) is 22.6 Å². The van der Waals surface area contributed by atoms with E-state index >= 15 is 0 Å². The first-order chi connectivity index (χ1) is 9.13. The maximum absolute atomic E-state index is 11.5. The van der Waals surface area contributed by atoms with E-state index in [1.54, 1.807) is 25.2 Å². The SMILES string of the molecule is CCCN(CC(=O)NC)c1nc2cc(N)ccc2o1. The lowest BCUT2D eigenvalue weighted by Crippen LogP contribution is -2.36. The molecule has 1 heterocycles. The highest BCUT2D eigenvalue weighted by Crippen LogP contribution is 2.23. The molecule has 1 amide bonds. The Bertz CT molecular complexity index is 579. The molecule has 0 unspecified atom stereocenters. The number of likely N-dealkylation sites (N-methyl/N-ethyl adjacent to an activating group) is 1. The summed E-state index contributed by atoms with van der Waals surface area (Å²) in [6.45, 7) is 2.97. The van der Waals surface area contributed by atoms with Gasteiger partial charge >= 0.3 is 0 Å². The van der Waals surface area contributed by atoms with Crippen molar-refractivity contribution in [2.45, 2.75) is 13.3 Å². The van der Waals surface area contributed by atoms with Crippen LogP contribution in [0.2, 0.25) is 0 Å². The van der Waals surface area contributed by atoms with Crippen molar-refractivity contribution in [3.05, 3.63) is 18.2 Å². The lowest BCUT2D eigenvalue weighted by Gasteiger charge is -2.18. The Labute approximate surface area is 111 Å². The summed E-state index contributed by atoms with van der Waals surface area (Å²) in [6.07, 6.45) is 0.901. The third kappa shape index (κ3) is 2.96. The summed E-state index contributed by atoms with van der Waals surface area (Å²) in [6, 6.07) is 5.75. The van der Waals surface area contributed by atoms with Gasteiger partial charge in [0.2, 0.25) is 5.91 Å². The topological polar surface area (TPSA) is 84.4 Å². The summed E-state index contributed by atoms with van der Waals surface area (Å²) in [4.78, 5) is 17.7. The van der Waals surface area contributed by atoms with Crippen LogP contribution in [0.5, 0.6) is 0 Å². The van der Waals surface area contributed by atoms with Crippen molar-refractivity contribution in [2.24, 2.45) is 0 Å². The molecule has 1 aromatic heterocycles. The molecule has 0 radical (unpaired) electrons. The van der Waals surface area contributed by atoms with Gasteiger partial charge in [-0.2, -0.15) is 4.98 Å². The first-order valence-corrected chi connectivity index (χ1v) is 6.25. The molecule has 0 aliphatic heterocycles. The minimum absolute atomic E-state index is 0.0739. The second-order valence-corrected chi connectivity index (χ2v) is 4.32. The van der Waals surface area contributed by atoms with E-state index in [1.165, 1.54) is 0 Å². The van der Waals surface area contributed by atoms with Crippen LogP contribution >= 0.6 is 0 Å². The summed E-state index contributed by atoms with van der Waals surface area (Å²) < 4.78 is 5.66. The number of hydrogen-bond acceptors (Lipinski definition) is 5. The fourth-order valence-corrected chi connectivity index (χ4v) is 1.83. The molecule has 6 heteroatoms. The minimum Gasteiger partial charge on any atom is -0.423 e. The molecule has 0 saturated heterocycles. The van der Waals surface area contributed by atoms with Gasteiger partial charge in [-0.05, 0) is 24.6 Å². The van der Waals surface area contributed by atoms with E-state index in [1.807, 2.05) is 11.8 Å². The molecule has 0 aliphatic carbocycles. The van der Waals surface area contributed by atoms with E-state index in [2.05, 4.69) is 10.3 Å². The lowest BCUT2D eigenvalue weighted by molar-refractivity contribution is -0.119. The van der Waals surface area contributed by atoms with Crippen molar-refractivity contribution in [3.63, 3.8) is 0 Å². The summed E-state index contributed by atoms with van der Waals surface area (Å²) in [5.41, 5.74) is 7.72. The van der Waals surface area contributed by atoms with Crippen molar-refractivity contribution < 1.29 is 9.21 Å². The van der Waals surface area contributed by atoms with E-state index in [9.17, 15) is 4.79 Å². The predicted octanol–water partition coefficient (Wildman–Crippen LogP) is 1.37. The van der Waals surface area contributed by atoms with Crippen LogP contribution in [0.3, 0.4) is 0 Å². The van der Waals surface area contributed by atoms with Crippen molar-refractivity contribution in [1.82, 2.24) is 10.3 Å². The number of rotatable bonds is 5. The molecular formula is C13H18N4O2. The van der Waals surface area contributed by atoms with Crippen LogP contribution in [-0.4, -0.2) is 31.0 Å². The number of carbonyl (C=O) groups excluding carboxylic acids is 1. The summed E-state index contributed by atoms with van der Waals surface area (Å²) in [5.74, 6) is -0.0739. The van der Waals surface area contributed by atoms with E-state index in [0.717, 1.165) is 6.42 Å². The Morgan fingerprint density at radius 3 is 3.00 bits per heavy atom. The number of benzene rings is 1. The molecule has 0 aliphatic rings. The average Bonchev–Trinajstić information content (AvgIpc) is 2.80. The minimum atomic E-state index is -0.0739. The van der Waals surface area contributed by atoms with Gasteiger partial charge in [-0.25, -0.2) is 0 Å². The van der Waals surface area contributed by atoms with E-state index in [0.29, 0.717) is 29.3 Å². The van der Waals surface area contributed by atoms with Crippen LogP contribution in [0.4, 0.5) is 11.7 Å². The van der Waals surface area contributed by atoms with Gasteiger partial charge in [0.15, 0.2) is 5.58 Å². The number of anilines is 2. The van der Waals surface area contributed by atoms with E-state index < -0.39 is 0 Å². The maximum atomic E-state index is 11.5. The van der Waals surface area contributed by atoms with E-state index in [4.69, 9.17) is 10.2 Å². The Balaban J connectivity index is 2.30. The van der Waals surface area contributed by atoms with Crippen molar-refractivity contribution >= 4 is 28.7 Å². The largest absolute Gasteiger partial charge is 0.423 e. The van der Waals surface area contributed by atoms with Gasteiger partial charge in [0.05, 0.1) is 0 Å². The van der Waals surface area contributed by atoms with Crippen molar-refractivity contribution in [3.8, 4) is 0 Å². The number of nitrogen functional groups attached to an aromatic ring is 1. The van der Waals surface area contributed by atoms with Crippen LogP contribution in [0.1, 0.15) is 13.3 Å². The second kappa shape index (κ2) is 5.60. The molecule has 0 fully saturated rings. The number of amides is 1. The number of fused-ring (bicyclic) bond motifs is 1. The number of oxazole rings is 1. The third-order valence-corrected chi connectivity index (χ3v) is 2.78. The fraction of sp³-hybridized carbons (Fsp3) is 0.385. The molecular weight excluding hydrogens is 244 g/mol. The lowest BCUT2D eigenvalue weighted by atomic mass is 10.3. The van der Waals surface area contributed by atoms with Gasteiger partial charge < -0.3 is 20.4 Å². The highest BCUT2D eigenvalue weighted by molar-refractivity contribution is 5.82. The summed E-state index contributed by atoms with van der Waals surface area (Å²) in [7, 11) is 1.61. The first kappa shape index (κ1) is 13.2. The van der Waals surface area contributed by atoms with Crippen LogP contribution in [0, 0.1) is 0 Å². The normalized spacial score (nSPS) is 10.6. The van der Waals surface area contributed by atoms with Crippen LogP contribution < -0.4 is 16.0 Å². The summed E-state index contributed by atoms with van der Waals surface area (Å²) in [5, 5.41) is 2.60. The van der Waals surface area contributed by atoms with Gasteiger partial charge in [0, 0.05) is 19.3 Å². The summed E-state index contributed by atoms with van der Waals surface area (Å²) >= 11 is 0. The van der Waals surface area contributed by atoms with Gasteiger partial charge in [0.1, 0.15) is 12.1 Å². The molecule has 2 aromatic rings. The third-order valence-electron chi connectivity index (χ3n) is 2.78.